The van der Waals surface area contributed by atoms with Gasteiger partial charge in [0, 0.05) is 45.4 Å². The number of aromatic nitrogens is 2. The number of benzene rings is 1. The zero-order chi connectivity index (χ0) is 29.7. The molecule has 3 heterocycles. The minimum atomic E-state index is -0.903. The Balaban J connectivity index is 1.68. The van der Waals surface area contributed by atoms with Crippen LogP contribution in [0.25, 0.3) is 11.0 Å². The third kappa shape index (κ3) is 7.09. The Kier molecular flexibility index (Phi) is 9.39. The second kappa shape index (κ2) is 12.8. The Bertz CT molecular complexity index is 1490. The van der Waals surface area contributed by atoms with Gasteiger partial charge >= 0.3 is 11.9 Å². The normalized spacial score (nSPS) is 14.2. The molecule has 0 radical (unpaired) electrons. The molecule has 10 nitrogen and oxygen atoms in total. The van der Waals surface area contributed by atoms with Crippen LogP contribution in [0.4, 0.5) is 4.39 Å². The lowest BCUT2D eigenvalue weighted by Crippen LogP contribution is -2.38. The number of pyridine rings is 2. The second-order valence-electron chi connectivity index (χ2n) is 10.9. The summed E-state index contributed by atoms with van der Waals surface area (Å²) in [5, 5.41) is 0. The van der Waals surface area contributed by atoms with Crippen LogP contribution in [0.5, 0.6) is 11.5 Å². The number of aryl methyl sites for hydroxylation is 1. The Morgan fingerprint density at radius 1 is 1.15 bits per heavy atom. The molecular weight excluding hydrogens is 533 g/mol. The van der Waals surface area contributed by atoms with E-state index in [1.54, 1.807) is 46.0 Å². The van der Waals surface area contributed by atoms with Gasteiger partial charge < -0.3 is 23.5 Å². The van der Waals surface area contributed by atoms with Crippen molar-refractivity contribution in [2.24, 2.45) is 12.5 Å². The lowest BCUT2D eigenvalue weighted by Gasteiger charge is -2.26. The zero-order valence-corrected chi connectivity index (χ0v) is 24.1. The summed E-state index contributed by atoms with van der Waals surface area (Å²) < 4.78 is 37.5. The fourth-order valence-electron chi connectivity index (χ4n) is 4.38. The average Bonchev–Trinajstić information content (AvgIpc) is 2.93. The predicted molar refractivity (Wildman–Crippen MR) is 150 cm³/mol. The van der Waals surface area contributed by atoms with Gasteiger partial charge in [0.05, 0.1) is 30.8 Å². The van der Waals surface area contributed by atoms with E-state index < -0.39 is 34.3 Å². The molecule has 1 aliphatic rings. The molecule has 0 aliphatic carbocycles. The van der Waals surface area contributed by atoms with Crippen molar-refractivity contribution in [3.05, 3.63) is 63.3 Å². The monoisotopic (exact) mass is 569 g/mol. The van der Waals surface area contributed by atoms with Gasteiger partial charge in [-0.1, -0.05) is 6.07 Å². The Morgan fingerprint density at radius 2 is 1.88 bits per heavy atom. The first-order chi connectivity index (χ1) is 19.5. The van der Waals surface area contributed by atoms with E-state index in [9.17, 15) is 18.8 Å². The number of morpholine rings is 1. The van der Waals surface area contributed by atoms with E-state index >= 15 is 0 Å². The smallest absolute Gasteiger partial charge is 0.347 e. The number of halogens is 1. The molecule has 1 saturated heterocycles. The van der Waals surface area contributed by atoms with Crippen molar-refractivity contribution in [3.63, 3.8) is 0 Å². The van der Waals surface area contributed by atoms with Crippen molar-refractivity contribution in [3.8, 4) is 11.5 Å². The summed E-state index contributed by atoms with van der Waals surface area (Å²) in [4.78, 5) is 45.6. The van der Waals surface area contributed by atoms with Crippen LogP contribution in [0.2, 0.25) is 0 Å². The standard InChI is InChI=1S/C30H36FN3O7/c1-6-39-28(36)24-26(41-29(37)30(2,3)4)25-22(33(5)27(24)35)16-19(18-32-25)15-20-7-8-21(31)17-23(20)40-14-11-34-9-12-38-13-10-34/h7-8,16-18H,6,9-15H2,1-5H3. The quantitative estimate of drug-likeness (QED) is 0.358. The number of nitrogens with zero attached hydrogens (tertiary/aromatic N) is 3. The molecule has 1 aromatic carbocycles. The number of fused-ring (bicyclic) bond motifs is 1. The van der Waals surface area contributed by atoms with Gasteiger partial charge in [-0.05, 0) is 51.0 Å². The lowest BCUT2D eigenvalue weighted by molar-refractivity contribution is -0.142. The molecule has 0 bridgehead atoms. The van der Waals surface area contributed by atoms with E-state index in [1.807, 2.05) is 0 Å². The van der Waals surface area contributed by atoms with Gasteiger partial charge in [0.2, 0.25) is 0 Å². The average molecular weight is 570 g/mol. The molecule has 11 heteroatoms. The molecule has 0 spiro atoms. The van der Waals surface area contributed by atoms with Gasteiger partial charge in [0.15, 0.2) is 11.3 Å². The number of esters is 2. The van der Waals surface area contributed by atoms with Crippen LogP contribution in [-0.4, -0.2) is 72.5 Å². The summed E-state index contributed by atoms with van der Waals surface area (Å²) in [6, 6.07) is 6.11. The highest BCUT2D eigenvalue weighted by Gasteiger charge is 2.31. The molecular formula is C30H36FN3O7. The lowest BCUT2D eigenvalue weighted by atomic mass is 9.97. The molecule has 220 valence electrons. The first kappa shape index (κ1) is 30.1. The number of rotatable bonds is 9. The summed E-state index contributed by atoms with van der Waals surface area (Å²) in [6.07, 6.45) is 1.90. The molecule has 0 N–H and O–H groups in total. The van der Waals surface area contributed by atoms with E-state index in [0.717, 1.165) is 18.7 Å². The molecule has 0 saturated carbocycles. The fraction of sp³-hybridized carbons (Fsp3) is 0.467. The molecule has 4 rings (SSSR count). The highest BCUT2D eigenvalue weighted by atomic mass is 19.1. The second-order valence-corrected chi connectivity index (χ2v) is 10.9. The van der Waals surface area contributed by atoms with Gasteiger partial charge in [-0.3, -0.25) is 19.5 Å². The first-order valence-electron chi connectivity index (χ1n) is 13.6. The van der Waals surface area contributed by atoms with Crippen molar-refractivity contribution in [2.75, 3.05) is 46.1 Å². The molecule has 1 aliphatic heterocycles. The summed E-state index contributed by atoms with van der Waals surface area (Å²) in [7, 11) is 1.51. The van der Waals surface area contributed by atoms with Gasteiger partial charge in [0.25, 0.3) is 5.56 Å². The number of ether oxygens (including phenoxy) is 4. The van der Waals surface area contributed by atoms with Crippen molar-refractivity contribution in [2.45, 2.75) is 34.1 Å². The maximum atomic E-state index is 14.1. The number of hydrogen-bond acceptors (Lipinski definition) is 9. The minimum Gasteiger partial charge on any atom is -0.492 e. The zero-order valence-electron chi connectivity index (χ0n) is 24.1. The molecule has 0 unspecified atom stereocenters. The number of hydrogen-bond donors (Lipinski definition) is 0. The number of carbonyl (C=O) groups is 2. The molecule has 3 aromatic rings. The van der Waals surface area contributed by atoms with Crippen LogP contribution in [0.1, 0.15) is 49.2 Å². The Labute approximate surface area is 238 Å². The maximum absolute atomic E-state index is 14.1. The van der Waals surface area contributed by atoms with Crippen molar-refractivity contribution in [1.29, 1.82) is 0 Å². The Morgan fingerprint density at radius 3 is 2.56 bits per heavy atom. The van der Waals surface area contributed by atoms with E-state index in [2.05, 4.69) is 9.88 Å². The van der Waals surface area contributed by atoms with Gasteiger partial charge in [0.1, 0.15) is 23.7 Å². The third-order valence-electron chi connectivity index (χ3n) is 6.73. The van der Waals surface area contributed by atoms with Crippen LogP contribution in [0.15, 0.2) is 35.3 Å². The Hall–Kier alpha value is -3.83. The van der Waals surface area contributed by atoms with Gasteiger partial charge in [-0.25, -0.2) is 9.18 Å². The van der Waals surface area contributed by atoms with Crippen molar-refractivity contribution >= 4 is 23.0 Å². The molecule has 0 atom stereocenters. The summed E-state index contributed by atoms with van der Waals surface area (Å²) in [5.74, 6) is -1.76. The van der Waals surface area contributed by atoms with Crippen molar-refractivity contribution in [1.82, 2.24) is 14.5 Å². The molecule has 1 fully saturated rings. The third-order valence-corrected chi connectivity index (χ3v) is 6.73. The minimum absolute atomic E-state index is 0.0353. The SMILES string of the molecule is CCOC(=O)c1c(OC(=O)C(C)(C)C)c2ncc(Cc3ccc(F)cc3OCCN3CCOCC3)cc2n(C)c1=O. The first-order valence-corrected chi connectivity index (χ1v) is 13.6. The predicted octanol–water partition coefficient (Wildman–Crippen LogP) is 3.50. The maximum Gasteiger partial charge on any atom is 0.347 e. The van der Waals surface area contributed by atoms with Gasteiger partial charge in [-0.2, -0.15) is 0 Å². The van der Waals surface area contributed by atoms with E-state index in [0.29, 0.717) is 49.6 Å². The van der Waals surface area contributed by atoms with Crippen LogP contribution in [0.3, 0.4) is 0 Å². The largest absolute Gasteiger partial charge is 0.492 e. The summed E-state index contributed by atoms with van der Waals surface area (Å²) >= 11 is 0. The molecule has 0 amide bonds. The van der Waals surface area contributed by atoms with Gasteiger partial charge in [-0.15, -0.1) is 0 Å². The van der Waals surface area contributed by atoms with Crippen LogP contribution < -0.4 is 15.0 Å². The van der Waals surface area contributed by atoms with Crippen LogP contribution >= 0.6 is 0 Å². The van der Waals surface area contributed by atoms with E-state index in [4.69, 9.17) is 18.9 Å². The van der Waals surface area contributed by atoms with E-state index in [-0.39, 0.29) is 17.9 Å². The highest BCUT2D eigenvalue weighted by Crippen LogP contribution is 2.31. The summed E-state index contributed by atoms with van der Waals surface area (Å²) in [6.45, 7) is 10.7. The topological polar surface area (TPSA) is 109 Å². The van der Waals surface area contributed by atoms with Crippen molar-refractivity contribution < 1.29 is 32.9 Å². The number of carbonyl (C=O) groups excluding carboxylic acids is 2. The fourth-order valence-corrected chi connectivity index (χ4v) is 4.38. The molecule has 2 aromatic heterocycles. The summed E-state index contributed by atoms with van der Waals surface area (Å²) in [5.41, 5.74) is -0.0160. The highest BCUT2D eigenvalue weighted by molar-refractivity contribution is 6.00. The van der Waals surface area contributed by atoms with Crippen LogP contribution in [0, 0.1) is 11.2 Å². The van der Waals surface area contributed by atoms with E-state index in [1.165, 1.54) is 23.7 Å². The molecule has 41 heavy (non-hydrogen) atoms. The van der Waals surface area contributed by atoms with Crippen LogP contribution in [-0.2, 0) is 27.7 Å².